The molecule has 0 aromatic heterocycles. The van der Waals surface area contributed by atoms with Gasteiger partial charge in [0.15, 0.2) is 0 Å². The predicted molar refractivity (Wildman–Crippen MR) is 81.8 cm³/mol. The number of halogens is 2. The SMILES string of the molecule is O=S(=O)(NCCc1ccccc1)c1cc(Cl)ccc1Cl. The highest BCUT2D eigenvalue weighted by Gasteiger charge is 2.17. The molecule has 0 saturated heterocycles. The number of hydrogen-bond acceptors (Lipinski definition) is 2. The van der Waals surface area contributed by atoms with Crippen molar-refractivity contribution in [1.29, 1.82) is 0 Å². The first-order chi connectivity index (χ1) is 9.49. The van der Waals surface area contributed by atoms with Crippen LogP contribution in [0.15, 0.2) is 53.4 Å². The van der Waals surface area contributed by atoms with Crippen LogP contribution in [0.25, 0.3) is 0 Å². The van der Waals surface area contributed by atoms with Crippen molar-refractivity contribution in [2.75, 3.05) is 6.54 Å². The Hall–Kier alpha value is -1.07. The molecule has 0 radical (unpaired) electrons. The molecular formula is C14H13Cl2NO2S. The van der Waals surface area contributed by atoms with Gasteiger partial charge < -0.3 is 0 Å². The maximum Gasteiger partial charge on any atom is 0.242 e. The third-order valence-electron chi connectivity index (χ3n) is 2.73. The molecule has 2 rings (SSSR count). The minimum Gasteiger partial charge on any atom is -0.211 e. The van der Waals surface area contributed by atoms with E-state index in [0.717, 1.165) is 5.56 Å². The van der Waals surface area contributed by atoms with Crippen LogP contribution in [-0.2, 0) is 16.4 Å². The Bertz CT molecular complexity index is 688. The van der Waals surface area contributed by atoms with E-state index in [4.69, 9.17) is 23.2 Å². The van der Waals surface area contributed by atoms with Crippen LogP contribution in [0.3, 0.4) is 0 Å². The molecule has 0 atom stereocenters. The zero-order valence-corrected chi connectivity index (χ0v) is 12.8. The van der Waals surface area contributed by atoms with Crippen LogP contribution in [0.4, 0.5) is 0 Å². The second kappa shape index (κ2) is 6.59. The van der Waals surface area contributed by atoms with E-state index in [1.165, 1.54) is 12.1 Å². The van der Waals surface area contributed by atoms with Gasteiger partial charge in [-0.05, 0) is 30.2 Å². The maximum atomic E-state index is 12.1. The van der Waals surface area contributed by atoms with Crippen LogP contribution < -0.4 is 4.72 Å². The fourth-order valence-corrected chi connectivity index (χ4v) is 3.53. The third kappa shape index (κ3) is 3.96. The Morgan fingerprint density at radius 3 is 2.40 bits per heavy atom. The largest absolute Gasteiger partial charge is 0.242 e. The molecule has 0 aliphatic heterocycles. The molecule has 0 unspecified atom stereocenters. The molecule has 1 N–H and O–H groups in total. The zero-order chi connectivity index (χ0) is 14.6. The summed E-state index contributed by atoms with van der Waals surface area (Å²) in [5.41, 5.74) is 1.06. The van der Waals surface area contributed by atoms with Gasteiger partial charge in [0, 0.05) is 11.6 Å². The standard InChI is InChI=1S/C14H13Cl2NO2S/c15-12-6-7-13(16)14(10-12)20(18,19)17-9-8-11-4-2-1-3-5-11/h1-7,10,17H,8-9H2. The van der Waals surface area contributed by atoms with Crippen molar-refractivity contribution < 1.29 is 8.42 Å². The van der Waals surface area contributed by atoms with Gasteiger partial charge in [0.05, 0.1) is 5.02 Å². The lowest BCUT2D eigenvalue weighted by atomic mass is 10.2. The first-order valence-electron chi connectivity index (χ1n) is 5.98. The van der Waals surface area contributed by atoms with Crippen LogP contribution in [0.5, 0.6) is 0 Å². The van der Waals surface area contributed by atoms with Crippen molar-refractivity contribution in [3.63, 3.8) is 0 Å². The zero-order valence-electron chi connectivity index (χ0n) is 10.5. The third-order valence-corrected chi connectivity index (χ3v) is 4.91. The maximum absolute atomic E-state index is 12.1. The van der Waals surface area contributed by atoms with E-state index in [-0.39, 0.29) is 9.92 Å². The van der Waals surface area contributed by atoms with Gasteiger partial charge in [0.1, 0.15) is 4.90 Å². The molecule has 3 nitrogen and oxygen atoms in total. The molecule has 6 heteroatoms. The molecule has 0 saturated carbocycles. The highest BCUT2D eigenvalue weighted by atomic mass is 35.5. The second-order valence-electron chi connectivity index (χ2n) is 4.21. The van der Waals surface area contributed by atoms with Gasteiger partial charge in [-0.1, -0.05) is 53.5 Å². The molecule has 2 aromatic carbocycles. The fourth-order valence-electron chi connectivity index (χ4n) is 1.74. The van der Waals surface area contributed by atoms with Gasteiger partial charge in [-0.3, -0.25) is 0 Å². The van der Waals surface area contributed by atoms with E-state index in [2.05, 4.69) is 4.72 Å². The molecule has 0 bridgehead atoms. The van der Waals surface area contributed by atoms with Gasteiger partial charge >= 0.3 is 0 Å². The summed E-state index contributed by atoms with van der Waals surface area (Å²) in [4.78, 5) is -0.000252. The van der Waals surface area contributed by atoms with Crippen molar-refractivity contribution in [2.24, 2.45) is 0 Å². The first kappa shape index (κ1) is 15.3. The Morgan fingerprint density at radius 1 is 1.00 bits per heavy atom. The molecule has 0 spiro atoms. The van der Waals surface area contributed by atoms with Crippen molar-refractivity contribution in [3.8, 4) is 0 Å². The van der Waals surface area contributed by atoms with E-state index in [1.807, 2.05) is 30.3 Å². The van der Waals surface area contributed by atoms with Crippen molar-refractivity contribution in [3.05, 3.63) is 64.1 Å². The summed E-state index contributed by atoms with van der Waals surface area (Å²) in [6.45, 7) is 0.301. The Morgan fingerprint density at radius 2 is 1.70 bits per heavy atom. The second-order valence-corrected chi connectivity index (χ2v) is 6.79. The highest BCUT2D eigenvalue weighted by molar-refractivity contribution is 7.89. The van der Waals surface area contributed by atoms with Crippen molar-refractivity contribution >= 4 is 33.2 Å². The summed E-state index contributed by atoms with van der Waals surface area (Å²) >= 11 is 11.7. The van der Waals surface area contributed by atoms with E-state index < -0.39 is 10.0 Å². The van der Waals surface area contributed by atoms with E-state index in [9.17, 15) is 8.42 Å². The minimum atomic E-state index is -3.65. The average molecular weight is 330 g/mol. The Balaban J connectivity index is 2.06. The molecule has 0 aliphatic carbocycles. The minimum absolute atomic E-state index is 0.000252. The summed E-state index contributed by atoms with van der Waals surface area (Å²) in [6.07, 6.45) is 0.609. The molecule has 20 heavy (non-hydrogen) atoms. The number of nitrogens with one attached hydrogen (secondary N) is 1. The van der Waals surface area contributed by atoms with E-state index in [0.29, 0.717) is 18.0 Å². The van der Waals surface area contributed by atoms with Crippen LogP contribution >= 0.6 is 23.2 Å². The number of hydrogen-bond donors (Lipinski definition) is 1. The van der Waals surface area contributed by atoms with E-state index in [1.54, 1.807) is 6.07 Å². The molecular weight excluding hydrogens is 317 g/mol. The molecule has 0 amide bonds. The lowest BCUT2D eigenvalue weighted by molar-refractivity contribution is 0.581. The topological polar surface area (TPSA) is 46.2 Å². The lowest BCUT2D eigenvalue weighted by Crippen LogP contribution is -2.26. The highest BCUT2D eigenvalue weighted by Crippen LogP contribution is 2.24. The van der Waals surface area contributed by atoms with Crippen LogP contribution in [0, 0.1) is 0 Å². The van der Waals surface area contributed by atoms with Gasteiger partial charge in [0.2, 0.25) is 10.0 Å². The van der Waals surface area contributed by atoms with E-state index >= 15 is 0 Å². The van der Waals surface area contributed by atoms with Crippen molar-refractivity contribution in [1.82, 2.24) is 4.72 Å². The van der Waals surface area contributed by atoms with Crippen LogP contribution in [0.2, 0.25) is 10.0 Å². The number of benzene rings is 2. The summed E-state index contributed by atoms with van der Waals surface area (Å²) in [5, 5.41) is 0.486. The van der Waals surface area contributed by atoms with Gasteiger partial charge in [-0.25, -0.2) is 13.1 Å². The summed E-state index contributed by atoms with van der Waals surface area (Å²) in [7, 11) is -3.65. The predicted octanol–water partition coefficient (Wildman–Crippen LogP) is 3.51. The summed E-state index contributed by atoms with van der Waals surface area (Å²) < 4.78 is 26.8. The monoisotopic (exact) mass is 329 g/mol. The molecule has 2 aromatic rings. The first-order valence-corrected chi connectivity index (χ1v) is 8.21. The molecule has 106 valence electrons. The number of rotatable bonds is 5. The Kier molecular flexibility index (Phi) is 5.05. The van der Waals surface area contributed by atoms with Crippen LogP contribution in [-0.4, -0.2) is 15.0 Å². The quantitative estimate of drug-likeness (QED) is 0.912. The van der Waals surface area contributed by atoms with Gasteiger partial charge in [0.25, 0.3) is 0 Å². The van der Waals surface area contributed by atoms with Crippen LogP contribution in [0.1, 0.15) is 5.56 Å². The van der Waals surface area contributed by atoms with Gasteiger partial charge in [-0.2, -0.15) is 0 Å². The number of sulfonamides is 1. The fraction of sp³-hybridized carbons (Fsp3) is 0.143. The molecule has 0 fully saturated rings. The summed E-state index contributed by atoms with van der Waals surface area (Å²) in [6, 6.07) is 14.0. The van der Waals surface area contributed by atoms with Gasteiger partial charge in [-0.15, -0.1) is 0 Å². The Labute approximate surface area is 128 Å². The average Bonchev–Trinajstić information content (AvgIpc) is 2.42. The normalized spacial score (nSPS) is 11.5. The smallest absolute Gasteiger partial charge is 0.211 e. The van der Waals surface area contributed by atoms with Crippen molar-refractivity contribution in [2.45, 2.75) is 11.3 Å². The molecule has 0 aliphatic rings. The lowest BCUT2D eigenvalue weighted by Gasteiger charge is -2.08. The molecule has 0 heterocycles. The summed E-state index contributed by atoms with van der Waals surface area (Å²) in [5.74, 6) is 0.